The quantitative estimate of drug-likeness (QED) is 0.630. The number of nitrogens with two attached hydrogens (primary N) is 1. The molecule has 154 valence electrons. The fraction of sp³-hybridized carbons (Fsp3) is 0.190. The molecular formula is C21H17Cl3N4O2. The van der Waals surface area contributed by atoms with E-state index in [0.717, 1.165) is 5.56 Å². The Morgan fingerprint density at radius 3 is 2.53 bits per heavy atom. The second kappa shape index (κ2) is 8.30. The van der Waals surface area contributed by atoms with Crippen LogP contribution >= 0.6 is 34.8 Å². The highest BCUT2D eigenvalue weighted by atomic mass is 35.5. The lowest BCUT2D eigenvalue weighted by Crippen LogP contribution is -2.40. The molecular weight excluding hydrogens is 447 g/mol. The van der Waals surface area contributed by atoms with Gasteiger partial charge in [-0.2, -0.15) is 5.10 Å². The molecule has 2 aromatic carbocycles. The number of amides is 2. The standard InChI is InChI=1S/C21H17Cl3N4O2/c22-14-3-1-2-13(10-14)20-19(21(25)30)17-11-27(6-7-28(17)26-20)18(29)9-12-4-5-15(23)16(24)8-12/h1-5,8,10H,6-7,9,11H2,(H2,25,30). The number of benzene rings is 2. The SMILES string of the molecule is NC(=O)c1c(-c2cccc(Cl)c2)nn2c1CN(C(=O)Cc1ccc(Cl)c(Cl)c1)CC2. The molecule has 0 radical (unpaired) electrons. The van der Waals surface area contributed by atoms with Crippen molar-refractivity contribution in [2.75, 3.05) is 6.54 Å². The summed E-state index contributed by atoms with van der Waals surface area (Å²) in [5.41, 5.74) is 8.54. The van der Waals surface area contributed by atoms with E-state index >= 15 is 0 Å². The lowest BCUT2D eigenvalue weighted by Gasteiger charge is -2.28. The summed E-state index contributed by atoms with van der Waals surface area (Å²) in [6.45, 7) is 1.18. The van der Waals surface area contributed by atoms with E-state index < -0.39 is 5.91 Å². The summed E-state index contributed by atoms with van der Waals surface area (Å²) in [6.07, 6.45) is 0.179. The summed E-state index contributed by atoms with van der Waals surface area (Å²) in [7, 11) is 0. The molecule has 0 atom stereocenters. The maximum atomic E-state index is 12.9. The Morgan fingerprint density at radius 1 is 1.03 bits per heavy atom. The van der Waals surface area contributed by atoms with Crippen LogP contribution in [0.3, 0.4) is 0 Å². The van der Waals surface area contributed by atoms with Gasteiger partial charge in [-0.25, -0.2) is 0 Å². The van der Waals surface area contributed by atoms with Crippen molar-refractivity contribution in [2.45, 2.75) is 19.5 Å². The molecule has 0 saturated heterocycles. The minimum Gasteiger partial charge on any atom is -0.365 e. The first-order valence-corrected chi connectivity index (χ1v) is 10.3. The van der Waals surface area contributed by atoms with Gasteiger partial charge >= 0.3 is 0 Å². The Hall–Kier alpha value is -2.54. The Labute approximate surface area is 188 Å². The van der Waals surface area contributed by atoms with Crippen molar-refractivity contribution in [3.8, 4) is 11.3 Å². The van der Waals surface area contributed by atoms with Gasteiger partial charge in [0, 0.05) is 17.1 Å². The number of halogens is 3. The Kier molecular flexibility index (Phi) is 5.73. The molecule has 3 aromatic rings. The first kappa shape index (κ1) is 20.7. The van der Waals surface area contributed by atoms with Crippen LogP contribution in [0.25, 0.3) is 11.3 Å². The van der Waals surface area contributed by atoms with Gasteiger partial charge in [0.25, 0.3) is 5.91 Å². The molecule has 0 saturated carbocycles. The molecule has 2 amide bonds. The van der Waals surface area contributed by atoms with E-state index in [-0.39, 0.29) is 18.9 Å². The fourth-order valence-corrected chi connectivity index (χ4v) is 4.07. The van der Waals surface area contributed by atoms with Gasteiger partial charge in [0.15, 0.2) is 0 Å². The molecule has 0 fully saturated rings. The third-order valence-corrected chi connectivity index (χ3v) is 5.99. The average molecular weight is 464 g/mol. The minimum atomic E-state index is -0.593. The van der Waals surface area contributed by atoms with E-state index in [4.69, 9.17) is 40.5 Å². The molecule has 30 heavy (non-hydrogen) atoms. The van der Waals surface area contributed by atoms with Gasteiger partial charge in [0.2, 0.25) is 5.91 Å². The van der Waals surface area contributed by atoms with Crippen molar-refractivity contribution < 1.29 is 9.59 Å². The van der Waals surface area contributed by atoms with Gasteiger partial charge in [-0.1, -0.05) is 53.0 Å². The lowest BCUT2D eigenvalue weighted by molar-refractivity contribution is -0.132. The topological polar surface area (TPSA) is 81.2 Å². The number of fused-ring (bicyclic) bond motifs is 1. The Balaban J connectivity index is 1.62. The number of hydrogen-bond donors (Lipinski definition) is 1. The first-order valence-electron chi connectivity index (χ1n) is 9.20. The fourth-order valence-electron chi connectivity index (χ4n) is 3.56. The zero-order chi connectivity index (χ0) is 21.4. The number of rotatable bonds is 4. The summed E-state index contributed by atoms with van der Waals surface area (Å²) in [5, 5.41) is 5.95. The van der Waals surface area contributed by atoms with Crippen LogP contribution < -0.4 is 5.73 Å². The van der Waals surface area contributed by atoms with Crippen LogP contribution in [0.2, 0.25) is 15.1 Å². The van der Waals surface area contributed by atoms with Gasteiger partial charge in [0.1, 0.15) is 5.69 Å². The van der Waals surface area contributed by atoms with Crippen LogP contribution in [0.4, 0.5) is 0 Å². The molecule has 1 aliphatic rings. The summed E-state index contributed by atoms with van der Waals surface area (Å²) in [6, 6.07) is 12.2. The Morgan fingerprint density at radius 2 is 1.83 bits per heavy atom. The van der Waals surface area contributed by atoms with E-state index in [1.165, 1.54) is 0 Å². The molecule has 9 heteroatoms. The third kappa shape index (κ3) is 4.03. The van der Waals surface area contributed by atoms with Crippen LogP contribution in [-0.4, -0.2) is 33.0 Å². The van der Waals surface area contributed by atoms with E-state index in [9.17, 15) is 9.59 Å². The number of aromatic nitrogens is 2. The van der Waals surface area contributed by atoms with E-state index in [1.807, 2.05) is 6.07 Å². The minimum absolute atomic E-state index is 0.0828. The van der Waals surface area contributed by atoms with Crippen molar-refractivity contribution in [1.82, 2.24) is 14.7 Å². The summed E-state index contributed by atoms with van der Waals surface area (Å²) in [5.74, 6) is -0.675. The molecule has 2 heterocycles. The summed E-state index contributed by atoms with van der Waals surface area (Å²) >= 11 is 18.1. The van der Waals surface area contributed by atoms with E-state index in [2.05, 4.69) is 5.10 Å². The molecule has 0 aliphatic carbocycles. The van der Waals surface area contributed by atoms with E-state index in [0.29, 0.717) is 50.7 Å². The monoisotopic (exact) mass is 462 g/mol. The van der Waals surface area contributed by atoms with Crippen LogP contribution in [0.1, 0.15) is 21.6 Å². The average Bonchev–Trinajstić information content (AvgIpc) is 3.10. The Bertz CT molecular complexity index is 1160. The molecule has 2 N–H and O–H groups in total. The van der Waals surface area contributed by atoms with Crippen molar-refractivity contribution in [3.63, 3.8) is 0 Å². The third-order valence-electron chi connectivity index (χ3n) is 5.02. The van der Waals surface area contributed by atoms with Crippen molar-refractivity contribution in [1.29, 1.82) is 0 Å². The van der Waals surface area contributed by atoms with Crippen molar-refractivity contribution in [3.05, 3.63) is 74.4 Å². The summed E-state index contributed by atoms with van der Waals surface area (Å²) < 4.78 is 1.74. The van der Waals surface area contributed by atoms with Crippen molar-refractivity contribution in [2.24, 2.45) is 5.73 Å². The molecule has 0 spiro atoms. The van der Waals surface area contributed by atoms with Crippen LogP contribution in [0, 0.1) is 0 Å². The van der Waals surface area contributed by atoms with Crippen LogP contribution in [0.15, 0.2) is 42.5 Å². The second-order valence-electron chi connectivity index (χ2n) is 7.01. The summed E-state index contributed by atoms with van der Waals surface area (Å²) in [4.78, 5) is 26.8. The van der Waals surface area contributed by atoms with Gasteiger partial charge in [-0.05, 0) is 29.8 Å². The number of carbonyl (C=O) groups excluding carboxylic acids is 2. The number of carbonyl (C=O) groups is 2. The van der Waals surface area contributed by atoms with Crippen LogP contribution in [-0.2, 0) is 24.3 Å². The molecule has 1 aromatic heterocycles. The molecule has 0 bridgehead atoms. The smallest absolute Gasteiger partial charge is 0.252 e. The van der Waals surface area contributed by atoms with E-state index in [1.54, 1.807) is 46.0 Å². The number of nitrogens with zero attached hydrogens (tertiary/aromatic N) is 3. The normalized spacial score (nSPS) is 13.2. The molecule has 0 unspecified atom stereocenters. The molecule has 4 rings (SSSR count). The lowest BCUT2D eigenvalue weighted by atomic mass is 10.0. The van der Waals surface area contributed by atoms with Crippen molar-refractivity contribution >= 4 is 46.6 Å². The highest BCUT2D eigenvalue weighted by molar-refractivity contribution is 6.42. The second-order valence-corrected chi connectivity index (χ2v) is 8.26. The van der Waals surface area contributed by atoms with Gasteiger partial charge in [-0.15, -0.1) is 0 Å². The highest BCUT2D eigenvalue weighted by Crippen LogP contribution is 2.30. The first-order chi connectivity index (χ1) is 14.3. The number of hydrogen-bond acceptors (Lipinski definition) is 3. The van der Waals surface area contributed by atoms with Gasteiger partial charge < -0.3 is 10.6 Å². The zero-order valence-electron chi connectivity index (χ0n) is 15.7. The highest BCUT2D eigenvalue weighted by Gasteiger charge is 2.29. The number of primary amides is 1. The van der Waals surface area contributed by atoms with Gasteiger partial charge in [0.05, 0.1) is 40.8 Å². The maximum Gasteiger partial charge on any atom is 0.252 e. The molecule has 1 aliphatic heterocycles. The maximum absolute atomic E-state index is 12.9. The predicted molar refractivity (Wildman–Crippen MR) is 117 cm³/mol. The van der Waals surface area contributed by atoms with Gasteiger partial charge in [-0.3, -0.25) is 14.3 Å². The predicted octanol–water partition coefficient (Wildman–Crippen LogP) is 4.19. The van der Waals surface area contributed by atoms with Crippen LogP contribution in [0.5, 0.6) is 0 Å². The zero-order valence-corrected chi connectivity index (χ0v) is 18.0. The molecule has 6 nitrogen and oxygen atoms in total. The largest absolute Gasteiger partial charge is 0.365 e.